The van der Waals surface area contributed by atoms with Crippen molar-refractivity contribution >= 4 is 33.4 Å². The molecular weight excluding hydrogens is 366 g/mol. The first-order chi connectivity index (χ1) is 14.0. The van der Waals surface area contributed by atoms with Crippen LogP contribution in [0.1, 0.15) is 32.0 Å². The first-order valence-electron chi connectivity index (χ1n) is 9.49. The van der Waals surface area contributed by atoms with E-state index in [2.05, 4.69) is 0 Å². The van der Waals surface area contributed by atoms with Gasteiger partial charge in [-0.2, -0.15) is 4.73 Å². The molecule has 0 aliphatic heterocycles. The predicted octanol–water partition coefficient (Wildman–Crippen LogP) is 2.76. The summed E-state index contributed by atoms with van der Waals surface area (Å²) in [6, 6.07) is 14.5. The summed E-state index contributed by atoms with van der Waals surface area (Å²) in [7, 11) is 3.95. The van der Waals surface area contributed by atoms with Crippen LogP contribution in [-0.2, 0) is 6.54 Å². The molecule has 0 amide bonds. The molecule has 0 fully saturated rings. The lowest BCUT2D eigenvalue weighted by molar-refractivity contribution is -0.577. The van der Waals surface area contributed by atoms with E-state index in [1.807, 2.05) is 47.8 Å². The molecule has 29 heavy (non-hydrogen) atoms. The maximum atomic E-state index is 13.7. The van der Waals surface area contributed by atoms with E-state index >= 15 is 0 Å². The molecule has 0 unspecified atom stereocenters. The molecule has 2 aromatic carbocycles. The smallest absolute Gasteiger partial charge is 0.224 e. The molecule has 0 bridgehead atoms. The zero-order valence-corrected chi connectivity index (χ0v) is 16.2. The molecule has 6 nitrogen and oxygen atoms in total. The van der Waals surface area contributed by atoms with Crippen molar-refractivity contribution in [3.8, 4) is 0 Å². The number of ketones is 2. The van der Waals surface area contributed by atoms with Crippen LogP contribution in [0.2, 0.25) is 0 Å². The van der Waals surface area contributed by atoms with Gasteiger partial charge in [-0.05, 0) is 26.2 Å². The number of nitrogens with zero attached hydrogens (tertiary/aromatic N) is 3. The van der Waals surface area contributed by atoms with E-state index in [1.165, 1.54) is 6.20 Å². The van der Waals surface area contributed by atoms with E-state index < -0.39 is 0 Å². The summed E-state index contributed by atoms with van der Waals surface area (Å²) < 4.78 is 2.62. The molecule has 4 aromatic rings. The maximum absolute atomic E-state index is 13.7. The van der Waals surface area contributed by atoms with Gasteiger partial charge in [0.25, 0.3) is 0 Å². The molecule has 144 valence electrons. The Morgan fingerprint density at radius 3 is 2.38 bits per heavy atom. The number of rotatable bonds is 3. The van der Waals surface area contributed by atoms with Crippen molar-refractivity contribution in [1.29, 1.82) is 0 Å². The lowest BCUT2D eigenvalue weighted by Gasteiger charge is -2.19. The van der Waals surface area contributed by atoms with E-state index in [0.29, 0.717) is 39.0 Å². The molecule has 0 saturated heterocycles. The van der Waals surface area contributed by atoms with Gasteiger partial charge in [0.2, 0.25) is 17.1 Å². The van der Waals surface area contributed by atoms with Crippen molar-refractivity contribution in [2.45, 2.75) is 6.54 Å². The molecular formula is C23H19N3O3. The molecule has 1 aliphatic rings. The highest BCUT2D eigenvalue weighted by molar-refractivity contribution is 6.34. The Morgan fingerprint density at radius 1 is 0.931 bits per heavy atom. The van der Waals surface area contributed by atoms with Gasteiger partial charge in [0.05, 0.1) is 22.1 Å². The lowest BCUT2D eigenvalue weighted by Crippen LogP contribution is -2.33. The van der Waals surface area contributed by atoms with Crippen LogP contribution in [0.4, 0.5) is 0 Å². The second-order valence-corrected chi connectivity index (χ2v) is 7.61. The highest BCUT2D eigenvalue weighted by Crippen LogP contribution is 2.36. The summed E-state index contributed by atoms with van der Waals surface area (Å²) in [5.41, 5.74) is 2.54. The summed E-state index contributed by atoms with van der Waals surface area (Å²) in [6.07, 6.45) is 1.24. The molecule has 0 radical (unpaired) electrons. The SMILES string of the molecule is CN(C)CCn1c2c(c3ccccc31)C(=O)c1c[n+]([O-])c3ccccc3c1C2=O. The normalized spacial score (nSPS) is 13.3. The number of benzene rings is 2. The minimum atomic E-state index is -0.273. The predicted molar refractivity (Wildman–Crippen MR) is 110 cm³/mol. The van der Waals surface area contributed by atoms with Crippen LogP contribution in [-0.4, -0.2) is 41.7 Å². The number of carbonyl (C=O) groups excluding carboxylic acids is 2. The summed E-state index contributed by atoms with van der Waals surface area (Å²) >= 11 is 0. The Morgan fingerprint density at radius 2 is 1.62 bits per heavy atom. The maximum Gasteiger partial charge on any atom is 0.224 e. The first kappa shape index (κ1) is 17.6. The molecule has 5 rings (SSSR count). The number of fused-ring (bicyclic) bond motifs is 6. The van der Waals surface area contributed by atoms with Crippen molar-refractivity contribution in [3.63, 3.8) is 0 Å². The zero-order chi connectivity index (χ0) is 20.3. The molecule has 0 atom stereocenters. The Bertz CT molecular complexity index is 1330. The average molecular weight is 385 g/mol. The van der Waals surface area contributed by atoms with Crippen molar-refractivity contribution in [2.75, 3.05) is 20.6 Å². The van der Waals surface area contributed by atoms with Crippen LogP contribution in [0, 0.1) is 5.21 Å². The molecule has 0 saturated carbocycles. The third-order valence-electron chi connectivity index (χ3n) is 5.58. The first-order valence-corrected chi connectivity index (χ1v) is 9.49. The molecule has 6 heteroatoms. The second-order valence-electron chi connectivity index (χ2n) is 7.61. The van der Waals surface area contributed by atoms with E-state index in [1.54, 1.807) is 24.3 Å². The van der Waals surface area contributed by atoms with Crippen molar-refractivity contribution in [2.24, 2.45) is 0 Å². The van der Waals surface area contributed by atoms with E-state index in [9.17, 15) is 14.8 Å². The van der Waals surface area contributed by atoms with Crippen LogP contribution in [0.15, 0.2) is 54.7 Å². The fraction of sp³-hybridized carbons (Fsp3) is 0.174. The quantitative estimate of drug-likeness (QED) is 0.354. The summed E-state index contributed by atoms with van der Waals surface area (Å²) in [5, 5.41) is 13.8. The molecule has 0 spiro atoms. The van der Waals surface area contributed by atoms with Crippen LogP contribution in [0.25, 0.3) is 21.8 Å². The molecule has 0 N–H and O–H groups in total. The Labute approximate surface area is 167 Å². The minimum Gasteiger partial charge on any atom is -0.618 e. The van der Waals surface area contributed by atoms with Gasteiger partial charge in [0.1, 0.15) is 5.69 Å². The third-order valence-corrected chi connectivity index (χ3v) is 5.58. The van der Waals surface area contributed by atoms with Crippen LogP contribution >= 0.6 is 0 Å². The number of likely N-dealkylation sites (N-methyl/N-ethyl adjacent to an activating group) is 1. The average Bonchev–Trinajstić information content (AvgIpc) is 3.05. The standard InChI is InChI=1S/C23H19N3O3/c1-24(2)11-12-25-17-9-5-3-7-14(17)20-21(25)23(28)19-15-8-4-6-10-18(15)26(29)13-16(19)22(20)27/h3-10,13H,11-12H2,1-2H3. The van der Waals surface area contributed by atoms with Crippen LogP contribution in [0.3, 0.4) is 0 Å². The van der Waals surface area contributed by atoms with Gasteiger partial charge in [0.15, 0.2) is 6.20 Å². The van der Waals surface area contributed by atoms with E-state index in [4.69, 9.17) is 0 Å². The van der Waals surface area contributed by atoms with Gasteiger partial charge in [-0.15, -0.1) is 0 Å². The summed E-state index contributed by atoms with van der Waals surface area (Å²) in [6.45, 7) is 1.32. The van der Waals surface area contributed by atoms with Gasteiger partial charge in [-0.25, -0.2) is 0 Å². The monoisotopic (exact) mass is 385 g/mol. The van der Waals surface area contributed by atoms with Crippen LogP contribution in [0.5, 0.6) is 0 Å². The molecule has 2 heterocycles. The Hall–Kier alpha value is -3.51. The van der Waals surface area contributed by atoms with Crippen molar-refractivity contribution < 1.29 is 14.3 Å². The number of aromatic nitrogens is 2. The van der Waals surface area contributed by atoms with Gasteiger partial charge in [-0.1, -0.05) is 30.3 Å². The highest BCUT2D eigenvalue weighted by Gasteiger charge is 2.38. The number of hydrogen-bond donors (Lipinski definition) is 0. The third kappa shape index (κ3) is 2.42. The Kier molecular flexibility index (Phi) is 3.79. The zero-order valence-electron chi connectivity index (χ0n) is 16.2. The highest BCUT2D eigenvalue weighted by atomic mass is 16.5. The number of para-hydroxylation sites is 2. The number of carbonyl (C=O) groups is 2. The number of pyridine rings is 1. The largest absolute Gasteiger partial charge is 0.618 e. The molecule has 2 aromatic heterocycles. The minimum absolute atomic E-state index is 0.173. The summed E-state index contributed by atoms with van der Waals surface area (Å²) in [4.78, 5) is 29.2. The van der Waals surface area contributed by atoms with E-state index in [-0.39, 0.29) is 17.1 Å². The second kappa shape index (κ2) is 6.25. The van der Waals surface area contributed by atoms with Crippen LogP contribution < -0.4 is 4.73 Å². The topological polar surface area (TPSA) is 69.2 Å². The van der Waals surface area contributed by atoms with Gasteiger partial charge in [0, 0.05) is 30.1 Å². The number of hydrogen-bond acceptors (Lipinski definition) is 4. The summed E-state index contributed by atoms with van der Waals surface area (Å²) in [5.74, 6) is -0.480. The Balaban J connectivity index is 1.86. The van der Waals surface area contributed by atoms with Crippen molar-refractivity contribution in [1.82, 2.24) is 9.47 Å². The molecule has 1 aliphatic carbocycles. The van der Waals surface area contributed by atoms with Gasteiger partial charge >= 0.3 is 0 Å². The van der Waals surface area contributed by atoms with Crippen molar-refractivity contribution in [3.05, 3.63) is 82.3 Å². The fourth-order valence-corrected chi connectivity index (χ4v) is 4.25. The van der Waals surface area contributed by atoms with Gasteiger partial charge in [-0.3, -0.25) is 9.59 Å². The lowest BCUT2D eigenvalue weighted by atomic mass is 9.85. The van der Waals surface area contributed by atoms with E-state index in [0.717, 1.165) is 17.4 Å². The fourth-order valence-electron chi connectivity index (χ4n) is 4.25. The van der Waals surface area contributed by atoms with Gasteiger partial charge < -0.3 is 14.7 Å².